The molecule has 2 fully saturated rings. The van der Waals surface area contributed by atoms with Gasteiger partial charge in [-0.25, -0.2) is 0 Å². The second kappa shape index (κ2) is 4.32. The Morgan fingerprint density at radius 2 is 1.90 bits per heavy atom. The number of rotatable bonds is 0. The lowest BCUT2D eigenvalue weighted by Crippen LogP contribution is -2.40. The number of ketones is 1. The molecule has 0 bridgehead atoms. The van der Waals surface area contributed by atoms with Crippen LogP contribution in [-0.2, 0) is 4.79 Å². The van der Waals surface area contributed by atoms with Crippen molar-refractivity contribution in [2.75, 3.05) is 0 Å². The quantitative estimate of drug-likeness (QED) is 0.576. The zero-order chi connectivity index (χ0) is 13.9. The van der Waals surface area contributed by atoms with Crippen LogP contribution in [0, 0.1) is 23.2 Å². The van der Waals surface area contributed by atoms with E-state index in [1.54, 1.807) is 0 Å². The second-order valence-corrected chi connectivity index (χ2v) is 7.86. The Kier molecular flexibility index (Phi) is 2.78. The molecule has 0 saturated heterocycles. The van der Waals surface area contributed by atoms with E-state index in [1.165, 1.54) is 37.7 Å². The number of allylic oxidation sites excluding steroid dienone is 4. The highest BCUT2D eigenvalue weighted by molar-refractivity contribution is 5.91. The van der Waals surface area contributed by atoms with Crippen molar-refractivity contribution in [1.82, 2.24) is 0 Å². The Morgan fingerprint density at radius 3 is 2.75 bits per heavy atom. The Labute approximate surface area is 122 Å². The van der Waals surface area contributed by atoms with Gasteiger partial charge in [-0.15, -0.1) is 0 Å². The van der Waals surface area contributed by atoms with Gasteiger partial charge in [-0.2, -0.15) is 0 Å². The Morgan fingerprint density at radius 1 is 1.05 bits per heavy atom. The first-order valence-electron chi connectivity index (χ1n) is 8.55. The Bertz CT molecular complexity index is 524. The van der Waals surface area contributed by atoms with Crippen molar-refractivity contribution in [3.63, 3.8) is 0 Å². The number of carbonyl (C=O) groups is 1. The highest BCUT2D eigenvalue weighted by Gasteiger charge is 2.48. The predicted octanol–water partition coefficient (Wildman–Crippen LogP) is 4.83. The molecule has 0 aromatic rings. The first kappa shape index (κ1) is 12.9. The second-order valence-electron chi connectivity index (χ2n) is 7.86. The minimum Gasteiger partial charge on any atom is -0.295 e. The van der Waals surface area contributed by atoms with Gasteiger partial charge in [-0.05, 0) is 74.2 Å². The number of carbonyl (C=O) groups excluding carboxylic acids is 1. The fourth-order valence-electron chi connectivity index (χ4n) is 5.75. The largest absolute Gasteiger partial charge is 0.295 e. The normalized spacial score (nSPS) is 43.8. The van der Waals surface area contributed by atoms with Gasteiger partial charge in [0.2, 0.25) is 0 Å². The summed E-state index contributed by atoms with van der Waals surface area (Å²) in [4.78, 5) is 11.8. The summed E-state index contributed by atoms with van der Waals surface area (Å²) in [6.07, 6.45) is 11.8. The number of fused-ring (bicyclic) bond motifs is 4. The predicted molar refractivity (Wildman–Crippen MR) is 81.3 cm³/mol. The summed E-state index contributed by atoms with van der Waals surface area (Å²) in [7, 11) is 0. The van der Waals surface area contributed by atoms with Crippen molar-refractivity contribution in [2.24, 2.45) is 23.2 Å². The number of hydrogen-bond donors (Lipinski definition) is 0. The molecular weight excluding hydrogens is 244 g/mol. The molecule has 0 heterocycles. The maximum Gasteiger partial charge on any atom is 0.155 e. The van der Waals surface area contributed by atoms with Gasteiger partial charge >= 0.3 is 0 Å². The summed E-state index contributed by atoms with van der Waals surface area (Å²) < 4.78 is 0. The van der Waals surface area contributed by atoms with E-state index in [0.29, 0.717) is 11.2 Å². The van der Waals surface area contributed by atoms with Crippen LogP contribution in [0.3, 0.4) is 0 Å². The molecule has 4 aliphatic carbocycles. The van der Waals surface area contributed by atoms with E-state index in [0.717, 1.165) is 37.0 Å². The molecule has 0 N–H and O–H groups in total. The standard InChI is InChI=1S/C19H26O/c1-12-3-5-16-15(12)7-8-18-17(16)6-4-13-11-14(20)9-10-19(13,18)2/h11-12,15,18H,3-10H2,1-2H3/t12?,15?,18?,19-/m0/s1. The van der Waals surface area contributed by atoms with Crippen LogP contribution in [0.15, 0.2) is 22.8 Å². The molecule has 1 heteroatoms. The third-order valence-electron chi connectivity index (χ3n) is 7.00. The molecule has 0 aromatic carbocycles. The van der Waals surface area contributed by atoms with Crippen molar-refractivity contribution < 1.29 is 4.79 Å². The van der Waals surface area contributed by atoms with Gasteiger partial charge < -0.3 is 0 Å². The molecule has 0 radical (unpaired) electrons. The lowest BCUT2D eigenvalue weighted by molar-refractivity contribution is -0.116. The third-order valence-corrected chi connectivity index (χ3v) is 7.00. The Hall–Kier alpha value is -0.850. The van der Waals surface area contributed by atoms with E-state index < -0.39 is 0 Å². The van der Waals surface area contributed by atoms with Gasteiger partial charge in [-0.1, -0.05) is 30.6 Å². The van der Waals surface area contributed by atoms with E-state index in [9.17, 15) is 4.79 Å². The highest BCUT2D eigenvalue weighted by atomic mass is 16.1. The van der Waals surface area contributed by atoms with E-state index in [4.69, 9.17) is 0 Å². The van der Waals surface area contributed by atoms with Gasteiger partial charge in [-0.3, -0.25) is 4.79 Å². The van der Waals surface area contributed by atoms with Crippen molar-refractivity contribution in [3.05, 3.63) is 22.8 Å². The lowest BCUT2D eigenvalue weighted by atomic mass is 9.54. The molecule has 4 rings (SSSR count). The molecule has 2 saturated carbocycles. The van der Waals surface area contributed by atoms with E-state index in [2.05, 4.69) is 13.8 Å². The topological polar surface area (TPSA) is 17.1 Å². The molecule has 0 aromatic heterocycles. The third kappa shape index (κ3) is 1.64. The fraction of sp³-hybridized carbons (Fsp3) is 0.737. The van der Waals surface area contributed by atoms with E-state index in [1.807, 2.05) is 17.2 Å². The summed E-state index contributed by atoms with van der Waals surface area (Å²) in [6.45, 7) is 4.90. The Balaban J connectivity index is 1.77. The SMILES string of the molecule is CC1CCC2=C3CCC4=CC(=O)CC[C@]4(C)C3CCC21. The molecule has 4 aliphatic rings. The zero-order valence-corrected chi connectivity index (χ0v) is 12.9. The lowest BCUT2D eigenvalue weighted by Gasteiger charge is -2.50. The van der Waals surface area contributed by atoms with Crippen LogP contribution in [-0.4, -0.2) is 5.78 Å². The van der Waals surface area contributed by atoms with Gasteiger partial charge in [0, 0.05) is 6.42 Å². The van der Waals surface area contributed by atoms with Crippen LogP contribution < -0.4 is 0 Å². The molecule has 4 atom stereocenters. The average molecular weight is 270 g/mol. The molecule has 20 heavy (non-hydrogen) atoms. The van der Waals surface area contributed by atoms with Crippen molar-refractivity contribution >= 4 is 5.78 Å². The summed E-state index contributed by atoms with van der Waals surface area (Å²) in [6, 6.07) is 0. The number of hydrogen-bond acceptors (Lipinski definition) is 1. The highest BCUT2D eigenvalue weighted by Crippen LogP contribution is 2.59. The van der Waals surface area contributed by atoms with Gasteiger partial charge in [0.25, 0.3) is 0 Å². The molecule has 3 unspecified atom stereocenters. The van der Waals surface area contributed by atoms with Gasteiger partial charge in [0.05, 0.1) is 0 Å². The van der Waals surface area contributed by atoms with Crippen LogP contribution in [0.25, 0.3) is 0 Å². The van der Waals surface area contributed by atoms with Crippen LogP contribution in [0.4, 0.5) is 0 Å². The smallest absolute Gasteiger partial charge is 0.155 e. The molecule has 1 nitrogen and oxygen atoms in total. The van der Waals surface area contributed by atoms with E-state index in [-0.39, 0.29) is 0 Å². The van der Waals surface area contributed by atoms with Crippen LogP contribution in [0.5, 0.6) is 0 Å². The van der Waals surface area contributed by atoms with Crippen LogP contribution >= 0.6 is 0 Å². The van der Waals surface area contributed by atoms with Crippen molar-refractivity contribution in [1.29, 1.82) is 0 Å². The molecule has 108 valence electrons. The van der Waals surface area contributed by atoms with Crippen LogP contribution in [0.2, 0.25) is 0 Å². The summed E-state index contributed by atoms with van der Waals surface area (Å²) in [5.74, 6) is 2.95. The zero-order valence-electron chi connectivity index (χ0n) is 12.9. The minimum absolute atomic E-state index is 0.311. The molecule has 0 amide bonds. The van der Waals surface area contributed by atoms with Crippen molar-refractivity contribution in [2.45, 2.75) is 65.2 Å². The van der Waals surface area contributed by atoms with Gasteiger partial charge in [0.15, 0.2) is 5.78 Å². The maximum atomic E-state index is 11.8. The molecule has 0 aliphatic heterocycles. The average Bonchev–Trinajstić information content (AvgIpc) is 2.82. The monoisotopic (exact) mass is 270 g/mol. The van der Waals surface area contributed by atoms with Crippen molar-refractivity contribution in [3.8, 4) is 0 Å². The summed E-state index contributed by atoms with van der Waals surface area (Å²) in [5.41, 5.74) is 5.48. The first-order chi connectivity index (χ1) is 9.59. The van der Waals surface area contributed by atoms with Crippen LogP contribution in [0.1, 0.15) is 65.2 Å². The minimum atomic E-state index is 0.311. The summed E-state index contributed by atoms with van der Waals surface area (Å²) in [5, 5.41) is 0. The summed E-state index contributed by atoms with van der Waals surface area (Å²) >= 11 is 0. The molecule has 0 spiro atoms. The molecular formula is C19H26O. The van der Waals surface area contributed by atoms with E-state index >= 15 is 0 Å². The van der Waals surface area contributed by atoms with Gasteiger partial charge in [0.1, 0.15) is 0 Å². The maximum absolute atomic E-state index is 11.8. The first-order valence-corrected chi connectivity index (χ1v) is 8.55. The fourth-order valence-corrected chi connectivity index (χ4v) is 5.75.